The van der Waals surface area contributed by atoms with Crippen LogP contribution >= 0.6 is 0 Å². The number of benzene rings is 1. The summed E-state index contributed by atoms with van der Waals surface area (Å²) in [5, 5.41) is 7.47. The number of nitrogens with one attached hydrogen (secondary N) is 1. The second kappa shape index (κ2) is 7.04. The average molecular weight is 287 g/mol. The Morgan fingerprint density at radius 1 is 1.29 bits per heavy atom. The normalized spacial score (nSPS) is 10.6. The van der Waals surface area contributed by atoms with Gasteiger partial charge in [0.05, 0.1) is 18.0 Å². The highest BCUT2D eigenvalue weighted by atomic mass is 16.5. The molecule has 0 aliphatic heterocycles. The lowest BCUT2D eigenvalue weighted by molar-refractivity contribution is -0.122. The van der Waals surface area contributed by atoms with Crippen LogP contribution in [0.5, 0.6) is 0 Å². The van der Waals surface area contributed by atoms with Crippen LogP contribution in [-0.2, 0) is 16.1 Å². The molecular weight excluding hydrogens is 266 g/mol. The van der Waals surface area contributed by atoms with Crippen molar-refractivity contribution in [3.05, 3.63) is 47.3 Å². The van der Waals surface area contributed by atoms with Crippen molar-refractivity contribution in [3.8, 4) is 5.69 Å². The largest absolute Gasteiger partial charge is 0.384 e. The molecule has 1 aromatic carbocycles. The van der Waals surface area contributed by atoms with Gasteiger partial charge in [0.2, 0.25) is 5.91 Å². The van der Waals surface area contributed by atoms with Crippen LogP contribution in [0.25, 0.3) is 5.69 Å². The van der Waals surface area contributed by atoms with Crippen molar-refractivity contribution in [2.75, 3.05) is 13.7 Å². The predicted molar refractivity (Wildman–Crippen MR) is 81.4 cm³/mol. The van der Waals surface area contributed by atoms with Crippen LogP contribution in [0.15, 0.2) is 30.3 Å². The van der Waals surface area contributed by atoms with Crippen LogP contribution in [-0.4, -0.2) is 29.4 Å². The van der Waals surface area contributed by atoms with Crippen molar-refractivity contribution < 1.29 is 9.53 Å². The van der Waals surface area contributed by atoms with E-state index in [0.717, 1.165) is 22.6 Å². The van der Waals surface area contributed by atoms with Gasteiger partial charge in [0, 0.05) is 31.3 Å². The molecule has 0 bridgehead atoms. The van der Waals surface area contributed by atoms with Gasteiger partial charge in [-0.3, -0.25) is 4.79 Å². The minimum Gasteiger partial charge on any atom is -0.384 e. The third kappa shape index (κ3) is 3.70. The Kier molecular flexibility index (Phi) is 5.11. The standard InChI is InChI=1S/C16H21N3O2/c1-12-15(11-17-16(20)9-10-21-3)13(2)19(18-12)14-7-5-4-6-8-14/h4-8H,9-11H2,1-3H3,(H,17,20). The first kappa shape index (κ1) is 15.3. The van der Waals surface area contributed by atoms with E-state index in [1.165, 1.54) is 0 Å². The van der Waals surface area contributed by atoms with Crippen molar-refractivity contribution in [3.63, 3.8) is 0 Å². The molecule has 2 aromatic rings. The van der Waals surface area contributed by atoms with Crippen molar-refractivity contribution >= 4 is 5.91 Å². The fourth-order valence-corrected chi connectivity index (χ4v) is 2.22. The van der Waals surface area contributed by atoms with E-state index < -0.39 is 0 Å². The Balaban J connectivity index is 2.11. The van der Waals surface area contributed by atoms with E-state index in [2.05, 4.69) is 10.4 Å². The van der Waals surface area contributed by atoms with Crippen LogP contribution < -0.4 is 5.32 Å². The van der Waals surface area contributed by atoms with Gasteiger partial charge in [-0.05, 0) is 26.0 Å². The molecule has 1 aromatic heterocycles. The number of carbonyl (C=O) groups is 1. The number of amides is 1. The van der Waals surface area contributed by atoms with Crippen LogP contribution in [0.1, 0.15) is 23.4 Å². The number of nitrogens with zero attached hydrogens (tertiary/aromatic N) is 2. The minimum absolute atomic E-state index is 0.0110. The first-order valence-corrected chi connectivity index (χ1v) is 6.99. The number of hydrogen-bond donors (Lipinski definition) is 1. The summed E-state index contributed by atoms with van der Waals surface area (Å²) >= 11 is 0. The van der Waals surface area contributed by atoms with Crippen LogP contribution in [0.3, 0.4) is 0 Å². The maximum atomic E-state index is 11.7. The summed E-state index contributed by atoms with van der Waals surface area (Å²) in [7, 11) is 1.59. The van der Waals surface area contributed by atoms with Gasteiger partial charge < -0.3 is 10.1 Å². The quantitative estimate of drug-likeness (QED) is 0.885. The Morgan fingerprint density at radius 3 is 2.67 bits per heavy atom. The number of para-hydroxylation sites is 1. The first-order chi connectivity index (χ1) is 10.1. The van der Waals surface area contributed by atoms with Gasteiger partial charge in [0.15, 0.2) is 0 Å². The number of rotatable bonds is 6. The van der Waals surface area contributed by atoms with Crippen molar-refractivity contribution in [1.82, 2.24) is 15.1 Å². The molecule has 5 nitrogen and oxygen atoms in total. The minimum atomic E-state index is -0.0110. The first-order valence-electron chi connectivity index (χ1n) is 6.99. The van der Waals surface area contributed by atoms with Crippen LogP contribution in [0, 0.1) is 13.8 Å². The molecule has 0 aliphatic carbocycles. The Bertz CT molecular complexity index is 605. The molecule has 0 unspecified atom stereocenters. The van der Waals surface area contributed by atoms with Crippen molar-refractivity contribution in [2.45, 2.75) is 26.8 Å². The van der Waals surface area contributed by atoms with Gasteiger partial charge in [-0.2, -0.15) is 5.10 Å². The number of hydrogen-bond acceptors (Lipinski definition) is 3. The number of carbonyl (C=O) groups excluding carboxylic acids is 1. The maximum absolute atomic E-state index is 11.7. The number of methoxy groups -OCH3 is 1. The van der Waals surface area contributed by atoms with E-state index in [0.29, 0.717) is 19.6 Å². The lowest BCUT2D eigenvalue weighted by Gasteiger charge is -2.07. The topological polar surface area (TPSA) is 56.1 Å². The van der Waals surface area contributed by atoms with E-state index in [9.17, 15) is 4.79 Å². The van der Waals surface area contributed by atoms with E-state index in [1.807, 2.05) is 48.9 Å². The maximum Gasteiger partial charge on any atom is 0.222 e. The number of aromatic nitrogens is 2. The van der Waals surface area contributed by atoms with Gasteiger partial charge >= 0.3 is 0 Å². The number of aryl methyl sites for hydroxylation is 1. The predicted octanol–water partition coefficient (Wildman–Crippen LogP) is 2.14. The third-order valence-electron chi connectivity index (χ3n) is 3.44. The molecule has 0 saturated carbocycles. The Labute approximate surface area is 124 Å². The molecule has 1 heterocycles. The fraction of sp³-hybridized carbons (Fsp3) is 0.375. The summed E-state index contributed by atoms with van der Waals surface area (Å²) in [6, 6.07) is 9.98. The van der Waals surface area contributed by atoms with Crippen molar-refractivity contribution in [2.24, 2.45) is 0 Å². The van der Waals surface area contributed by atoms with Gasteiger partial charge in [-0.1, -0.05) is 18.2 Å². The molecule has 112 valence electrons. The molecule has 21 heavy (non-hydrogen) atoms. The molecule has 0 atom stereocenters. The molecule has 0 aliphatic rings. The molecular formula is C16H21N3O2. The van der Waals surface area contributed by atoms with Crippen molar-refractivity contribution in [1.29, 1.82) is 0 Å². The molecule has 0 spiro atoms. The lowest BCUT2D eigenvalue weighted by atomic mass is 10.2. The smallest absolute Gasteiger partial charge is 0.222 e. The second-order valence-electron chi connectivity index (χ2n) is 4.92. The van der Waals surface area contributed by atoms with E-state index in [-0.39, 0.29) is 5.91 Å². The molecule has 0 fully saturated rings. The highest BCUT2D eigenvalue weighted by Crippen LogP contribution is 2.17. The van der Waals surface area contributed by atoms with E-state index in [1.54, 1.807) is 7.11 Å². The van der Waals surface area contributed by atoms with Gasteiger partial charge in [-0.25, -0.2) is 4.68 Å². The zero-order chi connectivity index (χ0) is 15.2. The van der Waals surface area contributed by atoms with E-state index in [4.69, 9.17) is 4.74 Å². The summed E-state index contributed by atoms with van der Waals surface area (Å²) in [5.41, 5.74) is 4.06. The molecule has 0 radical (unpaired) electrons. The van der Waals surface area contributed by atoms with Gasteiger partial charge in [0.1, 0.15) is 0 Å². The second-order valence-corrected chi connectivity index (χ2v) is 4.92. The molecule has 1 amide bonds. The molecule has 0 saturated heterocycles. The summed E-state index contributed by atoms with van der Waals surface area (Å²) in [4.78, 5) is 11.7. The number of ether oxygens (including phenoxy) is 1. The van der Waals surface area contributed by atoms with Gasteiger partial charge in [-0.15, -0.1) is 0 Å². The lowest BCUT2D eigenvalue weighted by Crippen LogP contribution is -2.24. The third-order valence-corrected chi connectivity index (χ3v) is 3.44. The molecule has 2 rings (SSSR count). The van der Waals surface area contributed by atoms with Crippen LogP contribution in [0.4, 0.5) is 0 Å². The zero-order valence-corrected chi connectivity index (χ0v) is 12.7. The highest BCUT2D eigenvalue weighted by Gasteiger charge is 2.13. The summed E-state index contributed by atoms with van der Waals surface area (Å²) in [6.45, 7) is 4.91. The Morgan fingerprint density at radius 2 is 2.00 bits per heavy atom. The summed E-state index contributed by atoms with van der Waals surface area (Å²) in [6.07, 6.45) is 0.376. The average Bonchev–Trinajstić information content (AvgIpc) is 2.79. The van der Waals surface area contributed by atoms with Crippen LogP contribution in [0.2, 0.25) is 0 Å². The molecule has 5 heteroatoms. The molecule has 1 N–H and O–H groups in total. The SMILES string of the molecule is COCCC(=O)NCc1c(C)nn(-c2ccccc2)c1C. The summed E-state index contributed by atoms with van der Waals surface area (Å²) < 4.78 is 6.81. The summed E-state index contributed by atoms with van der Waals surface area (Å²) in [5.74, 6) is -0.0110. The highest BCUT2D eigenvalue weighted by molar-refractivity contribution is 5.76. The Hall–Kier alpha value is -2.14. The fourth-order valence-electron chi connectivity index (χ4n) is 2.22. The zero-order valence-electron chi connectivity index (χ0n) is 12.7. The van der Waals surface area contributed by atoms with Gasteiger partial charge in [0.25, 0.3) is 0 Å². The van der Waals surface area contributed by atoms with E-state index >= 15 is 0 Å². The monoisotopic (exact) mass is 287 g/mol.